The number of hydrogen-bond donors (Lipinski definition) is 1. The number of benzene rings is 1. The van der Waals surface area contributed by atoms with Crippen LogP contribution < -0.4 is 0 Å². The summed E-state index contributed by atoms with van der Waals surface area (Å²) in [5.74, 6) is 0.469. The van der Waals surface area contributed by atoms with Gasteiger partial charge in [-0.3, -0.25) is 4.98 Å². The summed E-state index contributed by atoms with van der Waals surface area (Å²) in [7, 11) is 0. The third-order valence-electron chi connectivity index (χ3n) is 3.56. The van der Waals surface area contributed by atoms with E-state index in [9.17, 15) is 5.11 Å². The maximum atomic E-state index is 10.0. The maximum absolute atomic E-state index is 10.0. The third-order valence-corrected chi connectivity index (χ3v) is 3.80. The molecule has 0 bridgehead atoms. The molecular formula is C15H14ClNO. The number of phenols is 1. The van der Waals surface area contributed by atoms with Crippen LogP contribution in [-0.2, 0) is 6.42 Å². The molecule has 1 aliphatic carbocycles. The molecule has 1 atom stereocenters. The van der Waals surface area contributed by atoms with Crippen LogP contribution in [-0.4, -0.2) is 10.1 Å². The van der Waals surface area contributed by atoms with E-state index in [0.29, 0.717) is 10.8 Å². The summed E-state index contributed by atoms with van der Waals surface area (Å²) in [4.78, 5) is 4.49. The minimum Gasteiger partial charge on any atom is -0.508 e. The highest BCUT2D eigenvalue weighted by Crippen LogP contribution is 2.39. The zero-order chi connectivity index (χ0) is 12.5. The van der Waals surface area contributed by atoms with Crippen molar-refractivity contribution < 1.29 is 5.11 Å². The quantitative estimate of drug-likeness (QED) is 0.842. The van der Waals surface area contributed by atoms with Crippen LogP contribution in [0.15, 0.2) is 36.5 Å². The number of aryl methyl sites for hydroxylation is 1. The molecule has 2 nitrogen and oxygen atoms in total. The number of phenolic OH excluding ortho intramolecular Hbond substituents is 1. The summed E-state index contributed by atoms with van der Waals surface area (Å²) in [6, 6.07) is 9.32. The molecule has 92 valence electrons. The zero-order valence-electron chi connectivity index (χ0n) is 9.94. The predicted molar refractivity (Wildman–Crippen MR) is 72.1 cm³/mol. The molecule has 1 unspecified atom stereocenters. The van der Waals surface area contributed by atoms with Crippen LogP contribution in [0.25, 0.3) is 0 Å². The van der Waals surface area contributed by atoms with Gasteiger partial charge >= 0.3 is 0 Å². The minimum absolute atomic E-state index is 0.161. The zero-order valence-corrected chi connectivity index (χ0v) is 10.7. The van der Waals surface area contributed by atoms with Gasteiger partial charge in [0.25, 0.3) is 0 Å². The SMILES string of the molecule is Oc1ccc(Cl)cc1C1CCCc2cccnc21. The van der Waals surface area contributed by atoms with E-state index in [1.54, 1.807) is 12.1 Å². The van der Waals surface area contributed by atoms with Gasteiger partial charge in [0.2, 0.25) is 0 Å². The average molecular weight is 260 g/mol. The van der Waals surface area contributed by atoms with Gasteiger partial charge in [-0.2, -0.15) is 0 Å². The van der Waals surface area contributed by atoms with Crippen molar-refractivity contribution in [2.24, 2.45) is 0 Å². The van der Waals surface area contributed by atoms with Crippen molar-refractivity contribution in [1.82, 2.24) is 4.98 Å². The highest BCUT2D eigenvalue weighted by molar-refractivity contribution is 6.30. The van der Waals surface area contributed by atoms with Gasteiger partial charge in [-0.05, 0) is 49.1 Å². The molecule has 1 aromatic heterocycles. The van der Waals surface area contributed by atoms with Crippen LogP contribution in [0.2, 0.25) is 5.02 Å². The first-order valence-electron chi connectivity index (χ1n) is 6.18. The molecule has 0 fully saturated rings. The lowest BCUT2D eigenvalue weighted by atomic mass is 9.82. The van der Waals surface area contributed by atoms with E-state index in [0.717, 1.165) is 30.5 Å². The molecule has 18 heavy (non-hydrogen) atoms. The molecule has 0 radical (unpaired) electrons. The second-order valence-electron chi connectivity index (χ2n) is 4.70. The monoisotopic (exact) mass is 259 g/mol. The molecule has 3 heteroatoms. The molecule has 0 saturated carbocycles. The lowest BCUT2D eigenvalue weighted by Gasteiger charge is -2.25. The molecule has 0 spiro atoms. The molecule has 1 N–H and O–H groups in total. The number of aromatic hydroxyl groups is 1. The van der Waals surface area contributed by atoms with Crippen LogP contribution in [0.5, 0.6) is 5.75 Å². The Morgan fingerprint density at radius 3 is 3.06 bits per heavy atom. The van der Waals surface area contributed by atoms with Crippen LogP contribution in [0.4, 0.5) is 0 Å². The van der Waals surface area contributed by atoms with Gasteiger partial charge < -0.3 is 5.11 Å². The summed E-state index contributed by atoms with van der Waals surface area (Å²) in [6.07, 6.45) is 5.02. The lowest BCUT2D eigenvalue weighted by Crippen LogP contribution is -2.13. The summed E-state index contributed by atoms with van der Waals surface area (Å²) in [5.41, 5.74) is 3.26. The highest BCUT2D eigenvalue weighted by atomic mass is 35.5. The standard InChI is InChI=1S/C15H14ClNO/c16-11-6-7-14(18)13(9-11)12-5-1-3-10-4-2-8-17-15(10)12/h2,4,6-9,12,18H,1,3,5H2. The predicted octanol–water partition coefficient (Wildman–Crippen LogP) is 3.91. The number of halogens is 1. The Morgan fingerprint density at radius 2 is 2.17 bits per heavy atom. The van der Waals surface area contributed by atoms with Crippen LogP contribution in [0.3, 0.4) is 0 Å². The van der Waals surface area contributed by atoms with Gasteiger partial charge in [-0.25, -0.2) is 0 Å². The molecule has 1 heterocycles. The van der Waals surface area contributed by atoms with Crippen molar-refractivity contribution in [1.29, 1.82) is 0 Å². The summed E-state index contributed by atoms with van der Waals surface area (Å²) in [5, 5.41) is 10.7. The van der Waals surface area contributed by atoms with Crippen LogP contribution >= 0.6 is 11.6 Å². The lowest BCUT2D eigenvalue weighted by molar-refractivity contribution is 0.458. The van der Waals surface area contributed by atoms with Crippen molar-refractivity contribution in [3.8, 4) is 5.75 Å². The van der Waals surface area contributed by atoms with Gasteiger partial charge in [-0.15, -0.1) is 0 Å². The first-order chi connectivity index (χ1) is 8.75. The van der Waals surface area contributed by atoms with Gasteiger partial charge in [0.15, 0.2) is 0 Å². The maximum Gasteiger partial charge on any atom is 0.119 e. The first kappa shape index (κ1) is 11.5. The Morgan fingerprint density at radius 1 is 1.28 bits per heavy atom. The van der Waals surface area contributed by atoms with Gasteiger partial charge in [0, 0.05) is 22.7 Å². The van der Waals surface area contributed by atoms with E-state index in [1.807, 2.05) is 18.3 Å². The van der Waals surface area contributed by atoms with E-state index < -0.39 is 0 Å². The van der Waals surface area contributed by atoms with E-state index in [2.05, 4.69) is 11.1 Å². The Hall–Kier alpha value is -1.54. The normalized spacial score (nSPS) is 18.4. The minimum atomic E-state index is 0.161. The Kier molecular flexibility index (Phi) is 2.96. The second kappa shape index (κ2) is 4.62. The molecule has 2 aromatic rings. The van der Waals surface area contributed by atoms with Crippen molar-refractivity contribution in [3.63, 3.8) is 0 Å². The fourth-order valence-corrected chi connectivity index (χ4v) is 2.90. The van der Waals surface area contributed by atoms with E-state index in [1.165, 1.54) is 5.56 Å². The number of hydrogen-bond acceptors (Lipinski definition) is 2. The van der Waals surface area contributed by atoms with Gasteiger partial charge in [0.1, 0.15) is 5.75 Å². The molecule has 0 saturated heterocycles. The smallest absolute Gasteiger partial charge is 0.119 e. The third kappa shape index (κ3) is 1.97. The number of pyridine rings is 1. The Bertz CT molecular complexity index is 582. The summed E-state index contributed by atoms with van der Waals surface area (Å²) in [6.45, 7) is 0. The van der Waals surface area contributed by atoms with E-state index in [4.69, 9.17) is 11.6 Å². The van der Waals surface area contributed by atoms with Gasteiger partial charge in [-0.1, -0.05) is 17.7 Å². The van der Waals surface area contributed by atoms with Crippen molar-refractivity contribution in [3.05, 3.63) is 58.4 Å². The largest absolute Gasteiger partial charge is 0.508 e. The topological polar surface area (TPSA) is 33.1 Å². The summed E-state index contributed by atoms with van der Waals surface area (Å²) >= 11 is 6.03. The van der Waals surface area contributed by atoms with Crippen LogP contribution in [0, 0.1) is 0 Å². The molecule has 3 rings (SSSR count). The summed E-state index contributed by atoms with van der Waals surface area (Å²) < 4.78 is 0. The number of rotatable bonds is 1. The fraction of sp³-hybridized carbons (Fsp3) is 0.267. The molecular weight excluding hydrogens is 246 g/mol. The molecule has 0 aliphatic heterocycles. The second-order valence-corrected chi connectivity index (χ2v) is 5.13. The van der Waals surface area contributed by atoms with Crippen molar-refractivity contribution in [2.45, 2.75) is 25.2 Å². The van der Waals surface area contributed by atoms with E-state index in [-0.39, 0.29) is 5.92 Å². The molecule has 0 amide bonds. The van der Waals surface area contributed by atoms with Crippen molar-refractivity contribution in [2.75, 3.05) is 0 Å². The number of fused-ring (bicyclic) bond motifs is 1. The Balaban J connectivity index is 2.11. The van der Waals surface area contributed by atoms with Gasteiger partial charge in [0.05, 0.1) is 5.69 Å². The first-order valence-corrected chi connectivity index (χ1v) is 6.55. The average Bonchev–Trinajstić information content (AvgIpc) is 2.41. The molecule has 1 aromatic carbocycles. The van der Waals surface area contributed by atoms with Crippen molar-refractivity contribution >= 4 is 11.6 Å². The fourth-order valence-electron chi connectivity index (χ4n) is 2.72. The highest BCUT2D eigenvalue weighted by Gasteiger charge is 2.25. The number of nitrogens with zero attached hydrogens (tertiary/aromatic N) is 1. The number of aromatic nitrogens is 1. The Labute approximate surface area is 111 Å². The molecule has 1 aliphatic rings. The van der Waals surface area contributed by atoms with Crippen LogP contribution in [0.1, 0.15) is 35.6 Å². The van der Waals surface area contributed by atoms with E-state index >= 15 is 0 Å².